The van der Waals surface area contributed by atoms with E-state index >= 15 is 0 Å². The van der Waals surface area contributed by atoms with Crippen molar-refractivity contribution in [2.45, 2.75) is 13.2 Å². The van der Waals surface area contributed by atoms with Crippen molar-refractivity contribution in [3.63, 3.8) is 0 Å². The van der Waals surface area contributed by atoms with Gasteiger partial charge in [-0.3, -0.25) is 4.79 Å². The number of nitrogens with zero attached hydrogens (tertiary/aromatic N) is 4. The molecular formula is C33H35N7O3. The highest BCUT2D eigenvalue weighted by atomic mass is 16.5. The molecule has 4 N–H and O–H groups in total. The maximum absolute atomic E-state index is 12.2. The molecule has 3 aromatic carbocycles. The van der Waals surface area contributed by atoms with E-state index in [1.54, 1.807) is 43.6 Å². The smallest absolute Gasteiger partial charge is 0.248 e. The summed E-state index contributed by atoms with van der Waals surface area (Å²) in [6.45, 7) is 2.64. The minimum Gasteiger partial charge on any atom is -0.496 e. The number of aliphatic hydroxyl groups is 1. The number of anilines is 4. The van der Waals surface area contributed by atoms with E-state index < -0.39 is 6.23 Å². The highest BCUT2D eigenvalue weighted by Gasteiger charge is 2.13. The van der Waals surface area contributed by atoms with Crippen LogP contribution in [0, 0.1) is 6.92 Å². The van der Waals surface area contributed by atoms with E-state index in [-0.39, 0.29) is 5.91 Å². The van der Waals surface area contributed by atoms with Crippen LogP contribution in [0.3, 0.4) is 0 Å². The van der Waals surface area contributed by atoms with Crippen LogP contribution in [0.5, 0.6) is 5.75 Å². The van der Waals surface area contributed by atoms with E-state index in [1.807, 2.05) is 85.2 Å². The van der Waals surface area contributed by atoms with Crippen LogP contribution in [0.25, 0.3) is 16.7 Å². The number of benzene rings is 3. The first kappa shape index (κ1) is 29.3. The summed E-state index contributed by atoms with van der Waals surface area (Å²) < 4.78 is 7.53. The number of ether oxygens (including phenoxy) is 1. The molecule has 0 fully saturated rings. The molecule has 1 unspecified atom stereocenters. The molecule has 0 bridgehead atoms. The van der Waals surface area contributed by atoms with E-state index in [9.17, 15) is 9.90 Å². The molecule has 220 valence electrons. The van der Waals surface area contributed by atoms with Gasteiger partial charge in [0, 0.05) is 58.6 Å². The fraction of sp³-hybridized carbons (Fsp3) is 0.182. The first-order valence-corrected chi connectivity index (χ1v) is 13.8. The number of hydrogen-bond acceptors (Lipinski definition) is 8. The Labute approximate surface area is 250 Å². The Morgan fingerprint density at radius 2 is 1.81 bits per heavy atom. The summed E-state index contributed by atoms with van der Waals surface area (Å²) in [6, 6.07) is 22.5. The number of methoxy groups -OCH3 is 1. The van der Waals surface area contributed by atoms with Crippen molar-refractivity contribution < 1.29 is 14.6 Å². The van der Waals surface area contributed by atoms with Gasteiger partial charge >= 0.3 is 0 Å². The molecule has 43 heavy (non-hydrogen) atoms. The summed E-state index contributed by atoms with van der Waals surface area (Å²) in [4.78, 5) is 23.5. The molecule has 5 rings (SSSR count). The van der Waals surface area contributed by atoms with Gasteiger partial charge in [-0.2, -0.15) is 4.98 Å². The summed E-state index contributed by atoms with van der Waals surface area (Å²) >= 11 is 0. The van der Waals surface area contributed by atoms with Crippen LogP contribution in [0.15, 0.2) is 97.3 Å². The average Bonchev–Trinajstić information content (AvgIpc) is 3.42. The number of rotatable bonds is 11. The number of aliphatic hydroxyl groups excluding tert-OH is 1. The summed E-state index contributed by atoms with van der Waals surface area (Å²) in [5.41, 5.74) is 4.54. The summed E-state index contributed by atoms with van der Waals surface area (Å²) in [6.07, 6.45) is 6.04. The van der Waals surface area contributed by atoms with E-state index in [4.69, 9.17) is 9.72 Å². The Morgan fingerprint density at radius 3 is 2.63 bits per heavy atom. The minimum atomic E-state index is -1.00. The zero-order chi connectivity index (χ0) is 30.3. The van der Waals surface area contributed by atoms with Crippen LogP contribution in [0.4, 0.5) is 23.0 Å². The highest BCUT2D eigenvalue weighted by molar-refractivity contribution is 5.99. The zero-order valence-electron chi connectivity index (χ0n) is 24.6. The standard InChI is InChI=1S/C33H35N7O3/c1-22-21-34-33(38-31(22)40-18-16-27-28(40)13-7-14-29(27)43-4)37-26-12-6-11-25(20-26)36-32(42)23-9-5-10-24(19-23)35-30(41)15-8-17-39(2)3/h5-16,18-21,32,36,42H,17H2,1-4H3,(H,35,41)(H,34,37,38)/b15-8+. The van der Waals surface area contributed by atoms with Gasteiger partial charge < -0.3 is 35.3 Å². The van der Waals surface area contributed by atoms with Gasteiger partial charge in [0.05, 0.1) is 12.6 Å². The Balaban J connectivity index is 1.28. The molecule has 1 amide bonds. The van der Waals surface area contributed by atoms with Crippen molar-refractivity contribution in [3.05, 3.63) is 108 Å². The van der Waals surface area contributed by atoms with Crippen molar-refractivity contribution in [3.8, 4) is 11.6 Å². The Morgan fingerprint density at radius 1 is 1.05 bits per heavy atom. The van der Waals surface area contributed by atoms with Gasteiger partial charge in [-0.25, -0.2) is 4.98 Å². The van der Waals surface area contributed by atoms with E-state index in [0.29, 0.717) is 29.4 Å². The summed E-state index contributed by atoms with van der Waals surface area (Å²) in [5, 5.41) is 21.1. The molecule has 0 aliphatic carbocycles. The normalized spacial score (nSPS) is 12.0. The maximum Gasteiger partial charge on any atom is 0.248 e. The molecule has 5 aromatic rings. The molecule has 10 heteroatoms. The zero-order valence-corrected chi connectivity index (χ0v) is 24.6. The SMILES string of the molecule is COc1cccc2c1ccn2-c1nc(Nc2cccc(NC(O)c3cccc(NC(=O)/C=C/CN(C)C)c3)c2)ncc1C. The molecule has 2 heterocycles. The van der Waals surface area contributed by atoms with Crippen LogP contribution in [-0.4, -0.2) is 58.2 Å². The first-order valence-electron chi connectivity index (χ1n) is 13.8. The van der Waals surface area contributed by atoms with Crippen molar-refractivity contribution in [1.82, 2.24) is 19.4 Å². The molecule has 0 aliphatic heterocycles. The first-order chi connectivity index (χ1) is 20.8. The second kappa shape index (κ2) is 13.2. The lowest BCUT2D eigenvalue weighted by atomic mass is 10.1. The molecule has 0 aliphatic rings. The predicted octanol–water partition coefficient (Wildman–Crippen LogP) is 5.64. The van der Waals surface area contributed by atoms with Crippen molar-refractivity contribution in [2.75, 3.05) is 43.7 Å². The third-order valence-corrected chi connectivity index (χ3v) is 6.72. The fourth-order valence-electron chi connectivity index (χ4n) is 4.64. The molecule has 2 aromatic heterocycles. The van der Waals surface area contributed by atoms with Crippen LogP contribution in [0.2, 0.25) is 0 Å². The van der Waals surface area contributed by atoms with Crippen LogP contribution < -0.4 is 20.7 Å². The lowest BCUT2D eigenvalue weighted by Crippen LogP contribution is -2.13. The number of amides is 1. The summed E-state index contributed by atoms with van der Waals surface area (Å²) in [7, 11) is 5.53. The quantitative estimate of drug-likeness (QED) is 0.118. The molecule has 0 saturated carbocycles. The minimum absolute atomic E-state index is 0.230. The second-order valence-electron chi connectivity index (χ2n) is 10.3. The number of hydrogen-bond donors (Lipinski definition) is 4. The number of nitrogens with one attached hydrogen (secondary N) is 3. The predicted molar refractivity (Wildman–Crippen MR) is 171 cm³/mol. The number of carbonyl (C=O) groups is 1. The molecule has 0 saturated heterocycles. The topological polar surface area (TPSA) is 117 Å². The van der Waals surface area contributed by atoms with Gasteiger partial charge in [0.15, 0.2) is 6.23 Å². The number of carbonyl (C=O) groups excluding carboxylic acids is 1. The van der Waals surface area contributed by atoms with Crippen molar-refractivity contribution in [2.24, 2.45) is 0 Å². The van der Waals surface area contributed by atoms with Crippen LogP contribution in [0.1, 0.15) is 17.4 Å². The number of likely N-dealkylation sites (N-methyl/N-ethyl adjacent to an activating group) is 1. The van der Waals surface area contributed by atoms with E-state index in [0.717, 1.165) is 33.7 Å². The fourth-order valence-corrected chi connectivity index (χ4v) is 4.64. The lowest BCUT2D eigenvalue weighted by Gasteiger charge is -2.17. The van der Waals surface area contributed by atoms with E-state index in [2.05, 4.69) is 20.9 Å². The van der Waals surface area contributed by atoms with Gasteiger partial charge in [-0.1, -0.05) is 30.3 Å². The number of aromatic nitrogens is 3. The van der Waals surface area contributed by atoms with Crippen LogP contribution >= 0.6 is 0 Å². The molecule has 10 nitrogen and oxygen atoms in total. The van der Waals surface area contributed by atoms with Crippen molar-refractivity contribution >= 4 is 39.8 Å². The van der Waals surface area contributed by atoms with Gasteiger partial charge in [0.1, 0.15) is 11.6 Å². The lowest BCUT2D eigenvalue weighted by molar-refractivity contribution is -0.111. The monoisotopic (exact) mass is 577 g/mol. The third-order valence-electron chi connectivity index (χ3n) is 6.72. The van der Waals surface area contributed by atoms with Crippen LogP contribution in [-0.2, 0) is 4.79 Å². The number of aryl methyl sites for hydroxylation is 1. The average molecular weight is 578 g/mol. The molecular weight excluding hydrogens is 542 g/mol. The van der Waals surface area contributed by atoms with Gasteiger partial charge in [-0.15, -0.1) is 0 Å². The van der Waals surface area contributed by atoms with Gasteiger partial charge in [0.25, 0.3) is 0 Å². The second-order valence-corrected chi connectivity index (χ2v) is 10.3. The Hall–Kier alpha value is -5.19. The van der Waals surface area contributed by atoms with E-state index in [1.165, 1.54) is 6.08 Å². The highest BCUT2D eigenvalue weighted by Crippen LogP contribution is 2.29. The summed E-state index contributed by atoms with van der Waals surface area (Å²) in [5.74, 6) is 1.76. The van der Waals surface area contributed by atoms with Crippen molar-refractivity contribution in [1.29, 1.82) is 0 Å². The molecule has 0 radical (unpaired) electrons. The Kier molecular flexibility index (Phi) is 8.99. The van der Waals surface area contributed by atoms with Gasteiger partial charge in [0.2, 0.25) is 11.9 Å². The molecule has 0 spiro atoms. The number of fused-ring (bicyclic) bond motifs is 1. The Bertz CT molecular complexity index is 1760. The maximum atomic E-state index is 12.2. The third kappa shape index (κ3) is 7.18. The largest absolute Gasteiger partial charge is 0.496 e. The molecule has 1 atom stereocenters. The van der Waals surface area contributed by atoms with Gasteiger partial charge in [-0.05, 0) is 69.6 Å².